The maximum Gasteiger partial charge on any atom is 0.198 e. The lowest BCUT2D eigenvalue weighted by Gasteiger charge is -2.07. The lowest BCUT2D eigenvalue weighted by molar-refractivity contribution is -0.109. The largest absolute Gasteiger partial charge is 0.288 e. The summed E-state index contributed by atoms with van der Waals surface area (Å²) in [6.07, 6.45) is 4.39. The second-order valence-electron chi connectivity index (χ2n) is 2.35. The summed E-state index contributed by atoms with van der Waals surface area (Å²) in [4.78, 5) is 15.0. The summed E-state index contributed by atoms with van der Waals surface area (Å²) in [6.45, 7) is 4.22. The third-order valence-corrected chi connectivity index (χ3v) is 1.59. The van der Waals surface area contributed by atoms with Crippen LogP contribution in [0.1, 0.15) is 19.3 Å². The quantitative estimate of drug-likeness (QED) is 0.528. The van der Waals surface area contributed by atoms with Crippen LogP contribution in [-0.2, 0) is 4.79 Å². The molecule has 1 aliphatic rings. The molecule has 1 rings (SSSR count). The molecule has 0 spiro atoms. The zero-order valence-electron chi connectivity index (χ0n) is 5.97. The Bertz CT molecular complexity index is 182. The monoisotopic (exact) mass is 137 g/mol. The van der Waals surface area contributed by atoms with Gasteiger partial charge in [-0.15, -0.1) is 0 Å². The zero-order chi connectivity index (χ0) is 7.40. The molecule has 0 unspecified atom stereocenters. The molecule has 10 heavy (non-hydrogen) atoms. The second-order valence-corrected chi connectivity index (χ2v) is 2.35. The van der Waals surface area contributed by atoms with Gasteiger partial charge in [0.2, 0.25) is 0 Å². The standard InChI is InChI=1S/C8H11NO/c1-2-8(10)7-5-3-4-6-9-7/h2H,1,3-6H2. The van der Waals surface area contributed by atoms with Crippen LogP contribution in [0.25, 0.3) is 0 Å². The average molecular weight is 137 g/mol. The van der Waals surface area contributed by atoms with Crippen molar-refractivity contribution in [3.8, 4) is 0 Å². The van der Waals surface area contributed by atoms with Gasteiger partial charge in [0, 0.05) is 6.54 Å². The van der Waals surface area contributed by atoms with E-state index in [4.69, 9.17) is 0 Å². The van der Waals surface area contributed by atoms with Gasteiger partial charge in [-0.1, -0.05) is 6.58 Å². The van der Waals surface area contributed by atoms with Crippen molar-refractivity contribution >= 4 is 11.5 Å². The fourth-order valence-corrected chi connectivity index (χ4v) is 1.02. The Morgan fingerprint density at radius 2 is 2.40 bits per heavy atom. The summed E-state index contributed by atoms with van der Waals surface area (Å²) >= 11 is 0. The van der Waals surface area contributed by atoms with Gasteiger partial charge in [0.15, 0.2) is 5.78 Å². The van der Waals surface area contributed by atoms with E-state index in [1.807, 2.05) is 0 Å². The van der Waals surface area contributed by atoms with Gasteiger partial charge >= 0.3 is 0 Å². The highest BCUT2D eigenvalue weighted by molar-refractivity contribution is 6.43. The molecule has 0 aromatic carbocycles. The van der Waals surface area contributed by atoms with Crippen LogP contribution in [0.5, 0.6) is 0 Å². The Hall–Kier alpha value is -0.920. The number of aliphatic imine (C=N–C) groups is 1. The number of carbonyl (C=O) groups is 1. The van der Waals surface area contributed by atoms with Gasteiger partial charge in [-0.05, 0) is 25.3 Å². The molecule has 0 atom stereocenters. The summed E-state index contributed by atoms with van der Waals surface area (Å²) in [6, 6.07) is 0. The van der Waals surface area contributed by atoms with Crippen molar-refractivity contribution in [2.75, 3.05) is 6.54 Å². The molecule has 0 aromatic rings. The van der Waals surface area contributed by atoms with E-state index in [-0.39, 0.29) is 5.78 Å². The minimum atomic E-state index is -0.000278. The van der Waals surface area contributed by atoms with E-state index in [2.05, 4.69) is 11.6 Å². The average Bonchev–Trinajstić information content (AvgIpc) is 2.05. The summed E-state index contributed by atoms with van der Waals surface area (Å²) in [7, 11) is 0. The molecule has 0 fully saturated rings. The first kappa shape index (κ1) is 7.19. The van der Waals surface area contributed by atoms with Gasteiger partial charge in [-0.3, -0.25) is 9.79 Å². The highest BCUT2D eigenvalue weighted by atomic mass is 16.1. The first-order valence-corrected chi connectivity index (χ1v) is 3.54. The van der Waals surface area contributed by atoms with Crippen LogP contribution in [0.3, 0.4) is 0 Å². The number of hydrogen-bond donors (Lipinski definition) is 0. The topological polar surface area (TPSA) is 29.4 Å². The van der Waals surface area contributed by atoms with E-state index in [9.17, 15) is 4.79 Å². The fraction of sp³-hybridized carbons (Fsp3) is 0.500. The Labute approximate surface area is 60.7 Å². The second kappa shape index (κ2) is 3.30. The zero-order valence-corrected chi connectivity index (χ0v) is 5.97. The Balaban J connectivity index is 2.61. The molecule has 0 aromatic heterocycles. The third-order valence-electron chi connectivity index (χ3n) is 1.59. The molecule has 0 N–H and O–H groups in total. The number of hydrogen-bond acceptors (Lipinski definition) is 2. The van der Waals surface area contributed by atoms with Crippen LogP contribution in [0, 0.1) is 0 Å². The van der Waals surface area contributed by atoms with Crippen molar-refractivity contribution in [1.29, 1.82) is 0 Å². The maximum absolute atomic E-state index is 10.9. The Kier molecular flexibility index (Phi) is 2.37. The minimum absolute atomic E-state index is 0.000278. The predicted octanol–water partition coefficient (Wildman–Crippen LogP) is 1.37. The Morgan fingerprint density at radius 1 is 1.60 bits per heavy atom. The van der Waals surface area contributed by atoms with E-state index in [0.29, 0.717) is 5.71 Å². The third kappa shape index (κ3) is 1.53. The molecule has 2 heteroatoms. The number of rotatable bonds is 2. The van der Waals surface area contributed by atoms with Crippen molar-refractivity contribution in [2.24, 2.45) is 4.99 Å². The number of nitrogens with zero attached hydrogens (tertiary/aromatic N) is 1. The van der Waals surface area contributed by atoms with Crippen LogP contribution >= 0.6 is 0 Å². The first-order chi connectivity index (χ1) is 4.84. The molecule has 0 aliphatic carbocycles. The molecule has 0 bridgehead atoms. The molecule has 2 nitrogen and oxygen atoms in total. The summed E-state index contributed by atoms with van der Waals surface area (Å²) < 4.78 is 0. The summed E-state index contributed by atoms with van der Waals surface area (Å²) in [5.41, 5.74) is 0.709. The lowest BCUT2D eigenvalue weighted by Crippen LogP contribution is -2.15. The predicted molar refractivity (Wildman–Crippen MR) is 41.4 cm³/mol. The van der Waals surface area contributed by atoms with Gasteiger partial charge < -0.3 is 0 Å². The molecule has 0 amide bonds. The van der Waals surface area contributed by atoms with Crippen LogP contribution in [0.2, 0.25) is 0 Å². The summed E-state index contributed by atoms with van der Waals surface area (Å²) in [5.74, 6) is -0.000278. The highest BCUT2D eigenvalue weighted by Crippen LogP contribution is 2.06. The maximum atomic E-state index is 10.9. The lowest BCUT2D eigenvalue weighted by atomic mass is 10.1. The first-order valence-electron chi connectivity index (χ1n) is 3.54. The van der Waals surface area contributed by atoms with E-state index in [0.717, 1.165) is 25.8 Å². The van der Waals surface area contributed by atoms with Crippen LogP contribution < -0.4 is 0 Å². The minimum Gasteiger partial charge on any atom is -0.288 e. The van der Waals surface area contributed by atoms with Crippen molar-refractivity contribution in [1.82, 2.24) is 0 Å². The number of allylic oxidation sites excluding steroid dienone is 1. The molecule has 0 saturated heterocycles. The van der Waals surface area contributed by atoms with Gasteiger partial charge in [-0.2, -0.15) is 0 Å². The number of ketones is 1. The smallest absolute Gasteiger partial charge is 0.198 e. The van der Waals surface area contributed by atoms with Gasteiger partial charge in [0.1, 0.15) is 0 Å². The molecule has 0 saturated carbocycles. The summed E-state index contributed by atoms with van der Waals surface area (Å²) in [5, 5.41) is 0. The Morgan fingerprint density at radius 3 is 2.90 bits per heavy atom. The SMILES string of the molecule is C=CC(=O)C1=NCCCC1. The van der Waals surface area contributed by atoms with E-state index < -0.39 is 0 Å². The van der Waals surface area contributed by atoms with E-state index >= 15 is 0 Å². The van der Waals surface area contributed by atoms with Crippen LogP contribution in [-0.4, -0.2) is 18.0 Å². The molecule has 1 aliphatic heterocycles. The van der Waals surface area contributed by atoms with Crippen molar-refractivity contribution in [2.45, 2.75) is 19.3 Å². The van der Waals surface area contributed by atoms with Crippen molar-refractivity contribution < 1.29 is 4.79 Å². The van der Waals surface area contributed by atoms with E-state index in [1.165, 1.54) is 6.08 Å². The number of carbonyl (C=O) groups excluding carboxylic acids is 1. The van der Waals surface area contributed by atoms with E-state index in [1.54, 1.807) is 0 Å². The van der Waals surface area contributed by atoms with Crippen molar-refractivity contribution in [3.63, 3.8) is 0 Å². The van der Waals surface area contributed by atoms with Gasteiger partial charge in [0.25, 0.3) is 0 Å². The molecular weight excluding hydrogens is 126 g/mol. The highest BCUT2D eigenvalue weighted by Gasteiger charge is 2.09. The van der Waals surface area contributed by atoms with Crippen molar-refractivity contribution in [3.05, 3.63) is 12.7 Å². The normalized spacial score (nSPS) is 17.8. The van der Waals surface area contributed by atoms with Gasteiger partial charge in [-0.25, -0.2) is 0 Å². The molecular formula is C8H11NO. The fourth-order valence-electron chi connectivity index (χ4n) is 1.02. The molecule has 1 heterocycles. The molecule has 54 valence electrons. The van der Waals surface area contributed by atoms with Crippen LogP contribution in [0.15, 0.2) is 17.6 Å². The van der Waals surface area contributed by atoms with Crippen LogP contribution in [0.4, 0.5) is 0 Å². The van der Waals surface area contributed by atoms with Gasteiger partial charge in [0.05, 0.1) is 5.71 Å². The molecule has 0 radical (unpaired) electrons.